The number of likely N-dealkylation sites (N-methyl/N-ethyl adjacent to an activating group) is 1. The Labute approximate surface area is 181 Å². The first-order chi connectivity index (χ1) is 14.5. The van der Waals surface area contributed by atoms with E-state index in [1.807, 2.05) is 30.1 Å². The van der Waals surface area contributed by atoms with Gasteiger partial charge in [0.1, 0.15) is 10.8 Å². The molecule has 30 heavy (non-hydrogen) atoms. The highest BCUT2D eigenvalue weighted by atomic mass is 35.5. The Hall–Kier alpha value is -2.75. The van der Waals surface area contributed by atoms with Crippen molar-refractivity contribution in [2.45, 2.75) is 13.0 Å². The van der Waals surface area contributed by atoms with Gasteiger partial charge in [0.2, 0.25) is 0 Å². The lowest BCUT2D eigenvalue weighted by atomic mass is 10.3. The lowest BCUT2D eigenvalue weighted by Crippen LogP contribution is -2.22. The van der Waals surface area contributed by atoms with Gasteiger partial charge in [0, 0.05) is 33.7 Å². The molecule has 0 aliphatic carbocycles. The van der Waals surface area contributed by atoms with E-state index in [1.165, 1.54) is 11.3 Å². The molecular formula is C20H20ClN5O3S. The molecule has 4 rings (SSSR count). The van der Waals surface area contributed by atoms with Gasteiger partial charge in [-0.2, -0.15) is 0 Å². The van der Waals surface area contributed by atoms with Crippen LogP contribution in [0.15, 0.2) is 36.4 Å². The number of nitro groups is 1. The van der Waals surface area contributed by atoms with Gasteiger partial charge in [-0.05, 0) is 24.3 Å². The number of halogens is 1. The van der Waals surface area contributed by atoms with Crippen molar-refractivity contribution >= 4 is 55.0 Å². The van der Waals surface area contributed by atoms with E-state index in [0.717, 1.165) is 28.1 Å². The molecule has 0 amide bonds. The summed E-state index contributed by atoms with van der Waals surface area (Å²) in [5.41, 5.74) is 2.21. The van der Waals surface area contributed by atoms with Crippen molar-refractivity contribution in [3.63, 3.8) is 0 Å². The minimum atomic E-state index is -0.480. The zero-order chi connectivity index (χ0) is 21.3. The monoisotopic (exact) mass is 445 g/mol. The Balaban J connectivity index is 1.59. The second-order valence-corrected chi connectivity index (χ2v) is 8.25. The Bertz CT molecular complexity index is 1220. The van der Waals surface area contributed by atoms with Gasteiger partial charge in [-0.25, -0.2) is 9.97 Å². The fourth-order valence-corrected chi connectivity index (χ4v) is 4.57. The third-order valence-corrected chi connectivity index (χ3v) is 6.35. The third-order valence-electron chi connectivity index (χ3n) is 4.91. The average Bonchev–Trinajstić information content (AvgIpc) is 3.31. The number of imidazole rings is 1. The Morgan fingerprint density at radius 1 is 1.27 bits per heavy atom. The van der Waals surface area contributed by atoms with Crippen molar-refractivity contribution < 1.29 is 9.66 Å². The van der Waals surface area contributed by atoms with Crippen molar-refractivity contribution in [2.75, 3.05) is 32.2 Å². The number of rotatable bonds is 8. The molecule has 0 spiro atoms. The van der Waals surface area contributed by atoms with Crippen LogP contribution in [0, 0.1) is 10.1 Å². The predicted molar refractivity (Wildman–Crippen MR) is 120 cm³/mol. The molecule has 0 radical (unpaired) electrons. The molecule has 8 nitrogen and oxygen atoms in total. The molecule has 0 bridgehead atoms. The van der Waals surface area contributed by atoms with Crippen LogP contribution >= 0.6 is 22.9 Å². The Kier molecular flexibility index (Phi) is 5.85. The number of nitrogens with zero attached hydrogens (tertiary/aromatic N) is 5. The number of benzene rings is 2. The van der Waals surface area contributed by atoms with Crippen molar-refractivity contribution in [3.8, 4) is 0 Å². The van der Waals surface area contributed by atoms with E-state index in [9.17, 15) is 10.1 Å². The number of para-hydroxylation sites is 2. The summed E-state index contributed by atoms with van der Waals surface area (Å²) in [6, 6.07) is 11.4. The normalized spacial score (nSPS) is 11.4. The first kappa shape index (κ1) is 20.5. The topological polar surface area (TPSA) is 86.3 Å². The molecule has 0 aliphatic heterocycles. The SMILES string of the molecule is COCCn1c(CCN(C)c2nc3c([N+](=O)[O-])c(Cl)ccc3s2)nc2ccccc21. The summed E-state index contributed by atoms with van der Waals surface area (Å²) in [6.07, 6.45) is 0.702. The number of anilines is 1. The van der Waals surface area contributed by atoms with Crippen LogP contribution in [0.2, 0.25) is 5.02 Å². The molecule has 0 atom stereocenters. The predicted octanol–water partition coefficient (Wildman–Crippen LogP) is 4.53. The smallest absolute Gasteiger partial charge is 0.314 e. The number of hydrogen-bond donors (Lipinski definition) is 0. The van der Waals surface area contributed by atoms with Crippen LogP contribution in [0.4, 0.5) is 10.8 Å². The number of fused-ring (bicyclic) bond motifs is 2. The molecule has 0 fully saturated rings. The summed E-state index contributed by atoms with van der Waals surface area (Å²) in [7, 11) is 3.61. The Morgan fingerprint density at radius 2 is 2.07 bits per heavy atom. The molecule has 4 aromatic rings. The molecule has 0 N–H and O–H groups in total. The standard InChI is InChI=1S/C20H20ClN5O3S/c1-24(20-23-18-16(30-20)8-7-13(21)19(18)26(27)28)10-9-17-22-14-5-3-4-6-15(14)25(17)11-12-29-2/h3-8H,9-12H2,1-2H3. The van der Waals surface area contributed by atoms with Crippen LogP contribution in [0.25, 0.3) is 21.3 Å². The molecule has 2 aromatic carbocycles. The van der Waals surface area contributed by atoms with Crippen molar-refractivity contribution in [2.24, 2.45) is 0 Å². The van der Waals surface area contributed by atoms with Crippen LogP contribution in [0.3, 0.4) is 0 Å². The first-order valence-corrected chi connectivity index (χ1v) is 10.6. The lowest BCUT2D eigenvalue weighted by Gasteiger charge is -2.16. The summed E-state index contributed by atoms with van der Waals surface area (Å²) in [5, 5.41) is 12.2. The maximum absolute atomic E-state index is 11.4. The molecule has 0 unspecified atom stereocenters. The fourth-order valence-electron chi connectivity index (χ4n) is 3.39. The second-order valence-electron chi connectivity index (χ2n) is 6.83. The van der Waals surface area contributed by atoms with Gasteiger partial charge in [0.25, 0.3) is 0 Å². The number of aromatic nitrogens is 3. The number of thiazole rings is 1. The van der Waals surface area contributed by atoms with Gasteiger partial charge >= 0.3 is 5.69 Å². The average molecular weight is 446 g/mol. The quantitative estimate of drug-likeness (QED) is 0.292. The van der Waals surface area contributed by atoms with Crippen LogP contribution < -0.4 is 4.90 Å². The highest BCUT2D eigenvalue weighted by Crippen LogP contribution is 2.38. The van der Waals surface area contributed by atoms with E-state index in [-0.39, 0.29) is 10.7 Å². The first-order valence-electron chi connectivity index (χ1n) is 9.37. The zero-order valence-corrected chi connectivity index (χ0v) is 18.1. The summed E-state index contributed by atoms with van der Waals surface area (Å²) in [6.45, 7) is 1.99. The summed E-state index contributed by atoms with van der Waals surface area (Å²) < 4.78 is 8.17. The molecule has 10 heteroatoms. The molecular weight excluding hydrogens is 426 g/mol. The fraction of sp³-hybridized carbons (Fsp3) is 0.300. The maximum atomic E-state index is 11.4. The van der Waals surface area contributed by atoms with Gasteiger partial charge < -0.3 is 14.2 Å². The Morgan fingerprint density at radius 3 is 2.83 bits per heavy atom. The van der Waals surface area contributed by atoms with Crippen LogP contribution in [0.5, 0.6) is 0 Å². The van der Waals surface area contributed by atoms with Crippen molar-refractivity contribution in [3.05, 3.63) is 57.4 Å². The highest BCUT2D eigenvalue weighted by Gasteiger charge is 2.22. The van der Waals surface area contributed by atoms with Gasteiger partial charge in [-0.15, -0.1) is 0 Å². The number of methoxy groups -OCH3 is 1. The lowest BCUT2D eigenvalue weighted by molar-refractivity contribution is -0.383. The third kappa shape index (κ3) is 3.83. The molecule has 2 heterocycles. The van der Waals surface area contributed by atoms with Crippen LogP contribution in [-0.2, 0) is 17.7 Å². The van der Waals surface area contributed by atoms with Gasteiger partial charge in [-0.1, -0.05) is 35.1 Å². The molecule has 0 saturated heterocycles. The van der Waals surface area contributed by atoms with E-state index >= 15 is 0 Å². The van der Waals surface area contributed by atoms with E-state index in [4.69, 9.17) is 21.3 Å². The van der Waals surface area contributed by atoms with Crippen molar-refractivity contribution in [1.82, 2.24) is 14.5 Å². The minimum Gasteiger partial charge on any atom is -0.383 e. The number of nitro benzene ring substituents is 1. The highest BCUT2D eigenvalue weighted by molar-refractivity contribution is 7.22. The second kappa shape index (κ2) is 8.55. The van der Waals surface area contributed by atoms with Crippen LogP contribution in [0.1, 0.15) is 5.82 Å². The van der Waals surface area contributed by atoms with E-state index < -0.39 is 4.92 Å². The molecule has 156 valence electrons. The summed E-state index contributed by atoms with van der Waals surface area (Å²) in [4.78, 5) is 22.2. The molecule has 0 aliphatic rings. The van der Waals surface area contributed by atoms with Crippen molar-refractivity contribution in [1.29, 1.82) is 0 Å². The van der Waals surface area contributed by atoms with E-state index in [2.05, 4.69) is 15.6 Å². The van der Waals surface area contributed by atoms with Gasteiger partial charge in [0.15, 0.2) is 10.6 Å². The molecule has 0 saturated carbocycles. The zero-order valence-electron chi connectivity index (χ0n) is 16.5. The van der Waals surface area contributed by atoms with E-state index in [1.54, 1.807) is 19.2 Å². The minimum absolute atomic E-state index is 0.0962. The molecule has 2 aromatic heterocycles. The summed E-state index contributed by atoms with van der Waals surface area (Å²) >= 11 is 7.42. The van der Waals surface area contributed by atoms with Crippen LogP contribution in [-0.4, -0.2) is 46.8 Å². The number of hydrogen-bond acceptors (Lipinski definition) is 7. The van der Waals surface area contributed by atoms with Gasteiger partial charge in [0.05, 0.1) is 27.3 Å². The largest absolute Gasteiger partial charge is 0.383 e. The number of ether oxygens (including phenoxy) is 1. The van der Waals surface area contributed by atoms with E-state index in [0.29, 0.717) is 30.2 Å². The maximum Gasteiger partial charge on any atom is 0.314 e. The summed E-state index contributed by atoms with van der Waals surface area (Å²) in [5.74, 6) is 0.968. The van der Waals surface area contributed by atoms with Gasteiger partial charge in [-0.3, -0.25) is 10.1 Å².